The smallest absolute Gasteiger partial charge is 0.240 e. The zero-order valence-corrected chi connectivity index (χ0v) is 15.0. The van der Waals surface area contributed by atoms with Crippen molar-refractivity contribution in [1.29, 1.82) is 0 Å². The number of benzene rings is 2. The van der Waals surface area contributed by atoms with E-state index in [1.165, 1.54) is 10.5 Å². The first-order valence-corrected chi connectivity index (χ1v) is 9.26. The Bertz CT molecular complexity index is 711. The van der Waals surface area contributed by atoms with Gasteiger partial charge in [-0.15, -0.1) is 0 Å². The molecule has 0 spiro atoms. The molecule has 118 valence electrons. The molecule has 0 aliphatic carbocycles. The van der Waals surface area contributed by atoms with Crippen LogP contribution in [0.5, 0.6) is 0 Å². The Morgan fingerprint density at radius 3 is 2.05 bits per heavy atom. The molecular formula is C16H20BrN2O2S+. The number of sulfonamides is 1. The standard InChI is InChI=1S/C16H19BrN2O2S/c1-19(2)12-14-5-3-13(4-6-14)11-18-22(20,21)16-9-7-15(17)8-10-16/h3-10,18H,11-12H2,1-2H3/p+1. The Hall–Kier alpha value is -1.21. The minimum Gasteiger partial charge on any atom is -0.336 e. The van der Waals surface area contributed by atoms with E-state index in [-0.39, 0.29) is 11.4 Å². The van der Waals surface area contributed by atoms with Crippen LogP contribution in [0.3, 0.4) is 0 Å². The Morgan fingerprint density at radius 2 is 1.50 bits per heavy atom. The van der Waals surface area contributed by atoms with E-state index < -0.39 is 10.0 Å². The summed E-state index contributed by atoms with van der Waals surface area (Å²) in [5.74, 6) is 0. The molecule has 2 aromatic carbocycles. The van der Waals surface area contributed by atoms with Crippen molar-refractivity contribution in [2.75, 3.05) is 14.1 Å². The van der Waals surface area contributed by atoms with Crippen molar-refractivity contribution in [3.63, 3.8) is 0 Å². The molecule has 0 bridgehead atoms. The molecule has 0 atom stereocenters. The van der Waals surface area contributed by atoms with Gasteiger partial charge in [-0.3, -0.25) is 0 Å². The molecule has 22 heavy (non-hydrogen) atoms. The summed E-state index contributed by atoms with van der Waals surface area (Å²) < 4.78 is 27.9. The summed E-state index contributed by atoms with van der Waals surface area (Å²) in [7, 11) is 0.716. The highest BCUT2D eigenvalue weighted by Crippen LogP contribution is 2.15. The number of nitrogens with one attached hydrogen (secondary N) is 2. The van der Waals surface area contributed by atoms with Gasteiger partial charge < -0.3 is 4.90 Å². The summed E-state index contributed by atoms with van der Waals surface area (Å²) >= 11 is 3.29. The van der Waals surface area contributed by atoms with Crippen LogP contribution >= 0.6 is 15.9 Å². The monoisotopic (exact) mass is 383 g/mol. The quantitative estimate of drug-likeness (QED) is 0.795. The van der Waals surface area contributed by atoms with Gasteiger partial charge in [0.2, 0.25) is 10.0 Å². The summed E-state index contributed by atoms with van der Waals surface area (Å²) in [6.07, 6.45) is 0. The molecule has 0 fully saturated rings. The summed E-state index contributed by atoms with van der Waals surface area (Å²) in [5.41, 5.74) is 2.18. The SMILES string of the molecule is C[NH+](C)Cc1ccc(CNS(=O)(=O)c2ccc(Br)cc2)cc1. The summed E-state index contributed by atoms with van der Waals surface area (Å²) in [4.78, 5) is 1.62. The number of quaternary nitrogens is 1. The highest BCUT2D eigenvalue weighted by molar-refractivity contribution is 9.10. The Kier molecular flexibility index (Phi) is 5.74. The zero-order valence-electron chi connectivity index (χ0n) is 12.6. The van der Waals surface area contributed by atoms with Crippen LogP contribution in [0, 0.1) is 0 Å². The zero-order chi connectivity index (χ0) is 16.2. The van der Waals surface area contributed by atoms with Gasteiger partial charge >= 0.3 is 0 Å². The maximum absolute atomic E-state index is 12.2. The predicted molar refractivity (Wildman–Crippen MR) is 91.1 cm³/mol. The van der Waals surface area contributed by atoms with Crippen molar-refractivity contribution in [3.8, 4) is 0 Å². The average Bonchev–Trinajstić information content (AvgIpc) is 2.46. The maximum Gasteiger partial charge on any atom is 0.240 e. The number of halogens is 1. The fourth-order valence-electron chi connectivity index (χ4n) is 2.06. The van der Waals surface area contributed by atoms with Crippen LogP contribution in [0.1, 0.15) is 11.1 Å². The van der Waals surface area contributed by atoms with Crippen LogP contribution in [0.2, 0.25) is 0 Å². The van der Waals surface area contributed by atoms with Gasteiger partial charge in [-0.1, -0.05) is 40.2 Å². The van der Waals surface area contributed by atoms with E-state index in [0.717, 1.165) is 16.6 Å². The molecule has 0 amide bonds. The summed E-state index contributed by atoms with van der Waals surface area (Å²) in [6, 6.07) is 14.6. The Labute approximate surface area is 140 Å². The van der Waals surface area contributed by atoms with E-state index in [2.05, 4.69) is 34.7 Å². The lowest BCUT2D eigenvalue weighted by molar-refractivity contribution is -0.872. The summed E-state index contributed by atoms with van der Waals surface area (Å²) in [5, 5.41) is 0. The molecule has 0 aliphatic rings. The van der Waals surface area contributed by atoms with E-state index >= 15 is 0 Å². The molecule has 2 rings (SSSR count). The normalized spacial score (nSPS) is 11.8. The number of hydrogen-bond acceptors (Lipinski definition) is 2. The topological polar surface area (TPSA) is 50.6 Å². The lowest BCUT2D eigenvalue weighted by Crippen LogP contribution is -3.04. The van der Waals surface area contributed by atoms with E-state index in [1.807, 2.05) is 24.3 Å². The third kappa shape index (κ3) is 4.91. The maximum atomic E-state index is 12.2. The van der Waals surface area contributed by atoms with E-state index in [4.69, 9.17) is 0 Å². The second-order valence-electron chi connectivity index (χ2n) is 5.48. The Morgan fingerprint density at radius 1 is 0.955 bits per heavy atom. The van der Waals surface area contributed by atoms with Gasteiger partial charge in [0.15, 0.2) is 0 Å². The first-order chi connectivity index (χ1) is 10.4. The van der Waals surface area contributed by atoms with Gasteiger partial charge in [0.1, 0.15) is 6.54 Å². The highest BCUT2D eigenvalue weighted by Gasteiger charge is 2.13. The van der Waals surface area contributed by atoms with Crippen molar-refractivity contribution in [2.45, 2.75) is 18.0 Å². The van der Waals surface area contributed by atoms with Crippen molar-refractivity contribution < 1.29 is 13.3 Å². The van der Waals surface area contributed by atoms with Crippen molar-refractivity contribution in [3.05, 3.63) is 64.1 Å². The Balaban J connectivity index is 2.01. The fourth-order valence-corrected chi connectivity index (χ4v) is 3.34. The van der Waals surface area contributed by atoms with E-state index in [1.54, 1.807) is 24.3 Å². The molecule has 0 heterocycles. The van der Waals surface area contributed by atoms with Crippen LogP contribution in [-0.4, -0.2) is 22.5 Å². The lowest BCUT2D eigenvalue weighted by atomic mass is 10.1. The van der Waals surface area contributed by atoms with Gasteiger partial charge in [0, 0.05) is 16.6 Å². The molecule has 0 saturated heterocycles. The van der Waals surface area contributed by atoms with Crippen molar-refractivity contribution >= 4 is 26.0 Å². The molecule has 2 aromatic rings. The summed E-state index contributed by atoms with van der Waals surface area (Å²) in [6.45, 7) is 1.23. The number of hydrogen-bond donors (Lipinski definition) is 2. The van der Waals surface area contributed by atoms with Crippen LogP contribution in [-0.2, 0) is 23.1 Å². The van der Waals surface area contributed by atoms with E-state index in [9.17, 15) is 8.42 Å². The van der Waals surface area contributed by atoms with Gasteiger partial charge in [-0.2, -0.15) is 0 Å². The fraction of sp³-hybridized carbons (Fsp3) is 0.250. The van der Waals surface area contributed by atoms with Gasteiger partial charge in [0.25, 0.3) is 0 Å². The first kappa shape index (κ1) is 17.1. The average molecular weight is 384 g/mol. The van der Waals surface area contributed by atoms with E-state index in [0.29, 0.717) is 0 Å². The molecule has 0 radical (unpaired) electrons. The minimum absolute atomic E-state index is 0.267. The van der Waals surface area contributed by atoms with Crippen molar-refractivity contribution in [2.24, 2.45) is 0 Å². The lowest BCUT2D eigenvalue weighted by Gasteiger charge is -2.09. The predicted octanol–water partition coefficient (Wildman–Crippen LogP) is 1.57. The van der Waals surface area contributed by atoms with Crippen LogP contribution in [0.25, 0.3) is 0 Å². The first-order valence-electron chi connectivity index (χ1n) is 6.99. The molecule has 0 saturated carbocycles. The molecular weight excluding hydrogens is 364 g/mol. The highest BCUT2D eigenvalue weighted by atomic mass is 79.9. The van der Waals surface area contributed by atoms with Crippen LogP contribution in [0.15, 0.2) is 57.9 Å². The largest absolute Gasteiger partial charge is 0.336 e. The molecule has 0 aliphatic heterocycles. The van der Waals surface area contributed by atoms with Crippen LogP contribution in [0.4, 0.5) is 0 Å². The van der Waals surface area contributed by atoms with Gasteiger partial charge in [-0.05, 0) is 29.8 Å². The second kappa shape index (κ2) is 7.37. The molecule has 0 aromatic heterocycles. The van der Waals surface area contributed by atoms with Crippen molar-refractivity contribution in [1.82, 2.24) is 4.72 Å². The number of rotatable bonds is 6. The molecule has 4 nitrogen and oxygen atoms in total. The van der Waals surface area contributed by atoms with Gasteiger partial charge in [0.05, 0.1) is 19.0 Å². The third-order valence-electron chi connectivity index (χ3n) is 3.17. The van der Waals surface area contributed by atoms with Gasteiger partial charge in [-0.25, -0.2) is 13.1 Å². The van der Waals surface area contributed by atoms with Crippen LogP contribution < -0.4 is 9.62 Å². The second-order valence-corrected chi connectivity index (χ2v) is 8.16. The molecule has 2 N–H and O–H groups in total. The molecule has 0 unspecified atom stereocenters. The third-order valence-corrected chi connectivity index (χ3v) is 5.12. The molecule has 6 heteroatoms. The minimum atomic E-state index is -3.48.